The summed E-state index contributed by atoms with van der Waals surface area (Å²) in [4.78, 5) is 33.7. The molecule has 2 rings (SSSR count). The number of benzene rings is 2. The molecule has 2 aromatic carbocycles. The van der Waals surface area contributed by atoms with Crippen molar-refractivity contribution in [2.45, 2.75) is 6.92 Å². The van der Waals surface area contributed by atoms with E-state index in [2.05, 4.69) is 5.32 Å². The van der Waals surface area contributed by atoms with Crippen LogP contribution in [0, 0.1) is 10.1 Å². The summed E-state index contributed by atoms with van der Waals surface area (Å²) in [6.45, 7) is 1.80. The van der Waals surface area contributed by atoms with Crippen molar-refractivity contribution >= 4 is 40.9 Å². The first-order valence-corrected chi connectivity index (χ1v) is 8.59. The number of carbonyl (C=O) groups excluding carboxylic acids is 2. The van der Waals surface area contributed by atoms with Crippen molar-refractivity contribution in [3.63, 3.8) is 0 Å². The maximum atomic E-state index is 11.9. The molecule has 0 atom stereocenters. The molecule has 0 unspecified atom stereocenters. The second kappa shape index (κ2) is 10.1. The third-order valence-electron chi connectivity index (χ3n) is 3.40. The second-order valence-corrected chi connectivity index (χ2v) is 5.79. The van der Waals surface area contributed by atoms with Crippen molar-refractivity contribution in [3.8, 4) is 5.75 Å². The van der Waals surface area contributed by atoms with Crippen LogP contribution in [0.4, 0.5) is 11.4 Å². The third kappa shape index (κ3) is 6.10. The van der Waals surface area contributed by atoms with Crippen LogP contribution in [0.25, 0.3) is 6.08 Å². The van der Waals surface area contributed by atoms with E-state index in [0.29, 0.717) is 17.9 Å². The maximum Gasteiger partial charge on any atom is 0.331 e. The molecular weight excluding hydrogens is 388 g/mol. The van der Waals surface area contributed by atoms with Gasteiger partial charge in [0.15, 0.2) is 6.61 Å². The monoisotopic (exact) mass is 404 g/mol. The fourth-order valence-corrected chi connectivity index (χ4v) is 2.38. The molecule has 0 heterocycles. The van der Waals surface area contributed by atoms with E-state index in [4.69, 9.17) is 21.1 Å². The molecule has 28 heavy (non-hydrogen) atoms. The van der Waals surface area contributed by atoms with Gasteiger partial charge in [-0.15, -0.1) is 0 Å². The Balaban J connectivity index is 1.89. The lowest BCUT2D eigenvalue weighted by molar-refractivity contribution is -0.384. The summed E-state index contributed by atoms with van der Waals surface area (Å²) in [5.74, 6) is -0.719. The minimum Gasteiger partial charge on any atom is -0.493 e. The van der Waals surface area contributed by atoms with Gasteiger partial charge in [-0.2, -0.15) is 0 Å². The van der Waals surface area contributed by atoms with E-state index in [0.717, 1.165) is 6.07 Å². The number of hydrogen-bond acceptors (Lipinski definition) is 6. The molecule has 0 aliphatic carbocycles. The van der Waals surface area contributed by atoms with Gasteiger partial charge in [-0.05, 0) is 25.1 Å². The van der Waals surface area contributed by atoms with Gasteiger partial charge in [0.25, 0.3) is 11.6 Å². The predicted octanol–water partition coefficient (Wildman–Crippen LogP) is 3.84. The molecule has 2 aromatic rings. The minimum absolute atomic E-state index is 0.00121. The Kier molecular flexibility index (Phi) is 7.53. The van der Waals surface area contributed by atoms with Crippen molar-refractivity contribution in [3.05, 3.63) is 69.2 Å². The van der Waals surface area contributed by atoms with Gasteiger partial charge in [0.1, 0.15) is 5.75 Å². The lowest BCUT2D eigenvalue weighted by Crippen LogP contribution is -2.20. The molecule has 0 aliphatic rings. The molecule has 146 valence electrons. The standard InChI is InChI=1S/C19H17ClN2O6/c1-2-27-17-6-4-3-5-13(17)7-10-19(24)28-12-18(23)21-16-9-8-14(22(25)26)11-15(16)20/h3-11H,2,12H2,1H3,(H,21,23)/b10-7+. The van der Waals surface area contributed by atoms with Gasteiger partial charge in [-0.25, -0.2) is 4.79 Å². The first-order chi connectivity index (χ1) is 13.4. The average molecular weight is 405 g/mol. The summed E-state index contributed by atoms with van der Waals surface area (Å²) < 4.78 is 10.3. The Morgan fingerprint density at radius 3 is 2.68 bits per heavy atom. The molecular formula is C19H17ClN2O6. The number of esters is 1. The van der Waals surface area contributed by atoms with Crippen LogP contribution in [0.15, 0.2) is 48.5 Å². The highest BCUT2D eigenvalue weighted by Crippen LogP contribution is 2.26. The van der Waals surface area contributed by atoms with Crippen molar-refractivity contribution in [2.75, 3.05) is 18.5 Å². The van der Waals surface area contributed by atoms with Gasteiger partial charge in [0.2, 0.25) is 0 Å². The fourth-order valence-electron chi connectivity index (χ4n) is 2.15. The molecule has 8 nitrogen and oxygen atoms in total. The van der Waals surface area contributed by atoms with Crippen molar-refractivity contribution in [2.24, 2.45) is 0 Å². The summed E-state index contributed by atoms with van der Waals surface area (Å²) in [6, 6.07) is 10.8. The number of rotatable bonds is 8. The van der Waals surface area contributed by atoms with Crippen LogP contribution in [-0.4, -0.2) is 30.0 Å². The molecule has 1 amide bonds. The predicted molar refractivity (Wildman–Crippen MR) is 104 cm³/mol. The molecule has 0 saturated carbocycles. The van der Waals surface area contributed by atoms with Crippen LogP contribution in [0.5, 0.6) is 5.75 Å². The smallest absolute Gasteiger partial charge is 0.331 e. The van der Waals surface area contributed by atoms with Crippen LogP contribution < -0.4 is 10.1 Å². The highest BCUT2D eigenvalue weighted by Gasteiger charge is 2.12. The van der Waals surface area contributed by atoms with Crippen LogP contribution in [0.1, 0.15) is 12.5 Å². The first kappa shape index (κ1) is 20.9. The number of amides is 1. The number of halogens is 1. The number of nitro benzene ring substituents is 1. The van der Waals surface area contributed by atoms with E-state index in [9.17, 15) is 19.7 Å². The topological polar surface area (TPSA) is 108 Å². The molecule has 9 heteroatoms. The number of para-hydroxylation sites is 1. The van der Waals surface area contributed by atoms with Crippen LogP contribution in [0.2, 0.25) is 5.02 Å². The summed E-state index contributed by atoms with van der Waals surface area (Å²) in [5, 5.41) is 13.1. The molecule has 1 N–H and O–H groups in total. The molecule has 0 saturated heterocycles. The molecule has 0 aromatic heterocycles. The largest absolute Gasteiger partial charge is 0.493 e. The quantitative estimate of drug-likeness (QED) is 0.310. The van der Waals surface area contributed by atoms with Crippen molar-refractivity contribution < 1.29 is 24.0 Å². The molecule has 0 radical (unpaired) electrons. The maximum absolute atomic E-state index is 11.9. The summed E-state index contributed by atoms with van der Waals surface area (Å²) in [5.41, 5.74) is 0.671. The Bertz CT molecular complexity index is 913. The highest BCUT2D eigenvalue weighted by molar-refractivity contribution is 6.34. The van der Waals surface area contributed by atoms with Crippen molar-refractivity contribution in [1.82, 2.24) is 0 Å². The number of non-ortho nitro benzene ring substituents is 1. The zero-order valence-electron chi connectivity index (χ0n) is 14.9. The van der Waals surface area contributed by atoms with Gasteiger partial charge >= 0.3 is 5.97 Å². The fraction of sp³-hybridized carbons (Fsp3) is 0.158. The lowest BCUT2D eigenvalue weighted by atomic mass is 10.2. The van der Waals surface area contributed by atoms with Gasteiger partial charge < -0.3 is 14.8 Å². The van der Waals surface area contributed by atoms with E-state index in [1.807, 2.05) is 13.0 Å². The van der Waals surface area contributed by atoms with E-state index in [-0.39, 0.29) is 16.4 Å². The summed E-state index contributed by atoms with van der Waals surface area (Å²) in [6.07, 6.45) is 2.71. The molecule has 0 aliphatic heterocycles. The highest BCUT2D eigenvalue weighted by atomic mass is 35.5. The van der Waals surface area contributed by atoms with E-state index >= 15 is 0 Å². The van der Waals surface area contributed by atoms with Gasteiger partial charge in [0.05, 0.1) is 22.2 Å². The van der Waals surface area contributed by atoms with Gasteiger partial charge in [0, 0.05) is 23.8 Å². The number of nitrogens with one attached hydrogen (secondary N) is 1. The Labute approximate surface area is 165 Å². The lowest BCUT2D eigenvalue weighted by Gasteiger charge is -2.07. The number of nitro groups is 1. The zero-order valence-corrected chi connectivity index (χ0v) is 15.6. The van der Waals surface area contributed by atoms with Crippen molar-refractivity contribution in [1.29, 1.82) is 0 Å². The van der Waals surface area contributed by atoms with Gasteiger partial charge in [-0.1, -0.05) is 29.8 Å². The number of carbonyl (C=O) groups is 2. The normalized spacial score (nSPS) is 10.5. The number of anilines is 1. The minimum atomic E-state index is -0.712. The van der Waals surface area contributed by atoms with E-state index in [1.54, 1.807) is 18.2 Å². The van der Waals surface area contributed by atoms with E-state index in [1.165, 1.54) is 24.3 Å². The SMILES string of the molecule is CCOc1ccccc1/C=C/C(=O)OCC(=O)Nc1ccc([N+](=O)[O-])cc1Cl. The van der Waals surface area contributed by atoms with Crippen LogP contribution in [-0.2, 0) is 14.3 Å². The van der Waals surface area contributed by atoms with Gasteiger partial charge in [-0.3, -0.25) is 14.9 Å². The zero-order chi connectivity index (χ0) is 20.5. The van der Waals surface area contributed by atoms with E-state index < -0.39 is 23.4 Å². The first-order valence-electron chi connectivity index (χ1n) is 8.21. The Hall–Kier alpha value is -3.39. The third-order valence-corrected chi connectivity index (χ3v) is 3.71. The molecule has 0 bridgehead atoms. The molecule has 0 spiro atoms. The number of hydrogen-bond donors (Lipinski definition) is 1. The van der Waals surface area contributed by atoms with Crippen LogP contribution >= 0.6 is 11.6 Å². The summed E-state index contributed by atoms with van der Waals surface area (Å²) >= 11 is 5.89. The Morgan fingerprint density at radius 1 is 1.25 bits per heavy atom. The molecule has 0 fully saturated rings. The Morgan fingerprint density at radius 2 is 2.00 bits per heavy atom. The van der Waals surface area contributed by atoms with Crippen LogP contribution in [0.3, 0.4) is 0 Å². The number of ether oxygens (including phenoxy) is 2. The summed E-state index contributed by atoms with van der Waals surface area (Å²) in [7, 11) is 0. The second-order valence-electron chi connectivity index (χ2n) is 5.38. The average Bonchev–Trinajstić information content (AvgIpc) is 2.67. The number of nitrogens with zero attached hydrogens (tertiary/aromatic N) is 1.